The Morgan fingerprint density at radius 1 is 1.17 bits per heavy atom. The number of benzene rings is 1. The molecular formula is C7H3F3N2. The lowest BCUT2D eigenvalue weighted by Gasteiger charge is -1.98. The fourth-order valence-electron chi connectivity index (χ4n) is 0.692. The van der Waals surface area contributed by atoms with Crippen LogP contribution in [0.15, 0.2) is 12.1 Å². The first kappa shape index (κ1) is 8.40. The molecule has 0 saturated heterocycles. The lowest BCUT2D eigenvalue weighted by molar-refractivity contribution is 0.448. The normalized spacial score (nSPS) is 9.17. The summed E-state index contributed by atoms with van der Waals surface area (Å²) in [5, 5.41) is 10.0. The minimum atomic E-state index is -1.54. The molecular weight excluding hydrogens is 169 g/mol. The molecule has 0 heterocycles. The number of nitrogens with one attached hydrogen (secondary N) is 1. The molecule has 0 amide bonds. The number of hydrogen-bond donors (Lipinski definition) is 1. The van der Waals surface area contributed by atoms with Crippen LogP contribution in [0.3, 0.4) is 0 Å². The first-order valence-corrected chi connectivity index (χ1v) is 2.95. The van der Waals surface area contributed by atoms with Gasteiger partial charge in [0.25, 0.3) is 0 Å². The second-order valence-electron chi connectivity index (χ2n) is 1.99. The molecule has 0 spiro atoms. The topological polar surface area (TPSA) is 35.8 Å². The number of nitrogens with zero attached hydrogens (tertiary/aromatic N) is 1. The predicted molar refractivity (Wildman–Crippen MR) is 35.6 cm³/mol. The summed E-state index contributed by atoms with van der Waals surface area (Å²) in [6, 6.07) is 1.39. The Kier molecular flexibility index (Phi) is 2.19. The van der Waals surface area contributed by atoms with E-state index in [1.807, 2.05) is 5.32 Å². The second-order valence-corrected chi connectivity index (χ2v) is 1.99. The molecule has 0 atom stereocenters. The van der Waals surface area contributed by atoms with E-state index in [4.69, 9.17) is 5.26 Å². The van der Waals surface area contributed by atoms with Crippen LogP contribution in [0.4, 0.5) is 18.9 Å². The average molecular weight is 172 g/mol. The van der Waals surface area contributed by atoms with Crippen molar-refractivity contribution in [3.05, 3.63) is 29.6 Å². The van der Waals surface area contributed by atoms with Crippen molar-refractivity contribution in [2.24, 2.45) is 0 Å². The Morgan fingerprint density at radius 2 is 1.67 bits per heavy atom. The van der Waals surface area contributed by atoms with Crippen molar-refractivity contribution in [1.82, 2.24) is 0 Å². The molecule has 1 aromatic carbocycles. The van der Waals surface area contributed by atoms with E-state index in [-0.39, 0.29) is 5.69 Å². The molecule has 0 aliphatic carbocycles. The Labute approximate surface area is 66.2 Å². The third kappa shape index (κ3) is 1.48. The van der Waals surface area contributed by atoms with Gasteiger partial charge < -0.3 is 0 Å². The van der Waals surface area contributed by atoms with Gasteiger partial charge in [0.1, 0.15) is 0 Å². The van der Waals surface area contributed by atoms with Crippen molar-refractivity contribution in [3.63, 3.8) is 0 Å². The van der Waals surface area contributed by atoms with Gasteiger partial charge >= 0.3 is 0 Å². The van der Waals surface area contributed by atoms with Crippen molar-refractivity contribution >= 4 is 5.69 Å². The third-order valence-electron chi connectivity index (χ3n) is 1.18. The van der Waals surface area contributed by atoms with Gasteiger partial charge in [0.15, 0.2) is 23.6 Å². The van der Waals surface area contributed by atoms with Crippen molar-refractivity contribution in [2.75, 3.05) is 5.32 Å². The summed E-state index contributed by atoms with van der Waals surface area (Å²) >= 11 is 0. The van der Waals surface area contributed by atoms with E-state index in [1.54, 1.807) is 0 Å². The monoisotopic (exact) mass is 172 g/mol. The second kappa shape index (κ2) is 3.13. The Hall–Kier alpha value is -1.70. The van der Waals surface area contributed by atoms with Crippen LogP contribution in [0.1, 0.15) is 0 Å². The largest absolute Gasteiger partial charge is 0.293 e. The zero-order chi connectivity index (χ0) is 9.14. The summed E-state index contributed by atoms with van der Waals surface area (Å²) in [6.07, 6.45) is 1.45. The maximum atomic E-state index is 12.4. The van der Waals surface area contributed by atoms with Crippen LogP contribution < -0.4 is 5.32 Å². The van der Waals surface area contributed by atoms with Gasteiger partial charge in [-0.2, -0.15) is 5.26 Å². The minimum absolute atomic E-state index is 0.117. The van der Waals surface area contributed by atoms with Crippen molar-refractivity contribution in [3.8, 4) is 6.19 Å². The summed E-state index contributed by atoms with van der Waals surface area (Å²) in [6.45, 7) is 0. The lowest BCUT2D eigenvalue weighted by atomic mass is 10.3. The first-order chi connectivity index (χ1) is 5.65. The molecule has 0 bridgehead atoms. The zero-order valence-electron chi connectivity index (χ0n) is 5.74. The standard InChI is InChI=1S/C7H3F3N2/c8-5-1-4(12-3-11)2-6(9)7(5)10/h1-2,12H. The molecule has 0 aliphatic heterocycles. The van der Waals surface area contributed by atoms with Gasteiger partial charge in [0.05, 0.1) is 5.69 Å². The lowest BCUT2D eigenvalue weighted by Crippen LogP contribution is -1.94. The average Bonchev–Trinajstić information content (AvgIpc) is 2.01. The van der Waals surface area contributed by atoms with Gasteiger partial charge in [-0.05, 0) is 0 Å². The van der Waals surface area contributed by atoms with Gasteiger partial charge in [0.2, 0.25) is 0 Å². The van der Waals surface area contributed by atoms with Gasteiger partial charge in [-0.25, -0.2) is 13.2 Å². The molecule has 1 aromatic rings. The molecule has 5 heteroatoms. The predicted octanol–water partition coefficient (Wildman–Crippen LogP) is 2.00. The molecule has 1 N–H and O–H groups in total. The van der Waals surface area contributed by atoms with Gasteiger partial charge in [-0.1, -0.05) is 0 Å². The maximum absolute atomic E-state index is 12.4. The van der Waals surface area contributed by atoms with Crippen molar-refractivity contribution < 1.29 is 13.2 Å². The Balaban J connectivity index is 3.14. The van der Waals surface area contributed by atoms with E-state index in [9.17, 15) is 13.2 Å². The van der Waals surface area contributed by atoms with E-state index in [1.165, 1.54) is 6.19 Å². The van der Waals surface area contributed by atoms with E-state index in [0.717, 1.165) is 0 Å². The summed E-state index contributed by atoms with van der Waals surface area (Å²) < 4.78 is 37.1. The highest BCUT2D eigenvalue weighted by Crippen LogP contribution is 2.16. The van der Waals surface area contributed by atoms with Gasteiger partial charge in [-0.15, -0.1) is 0 Å². The van der Waals surface area contributed by atoms with E-state index in [2.05, 4.69) is 0 Å². The molecule has 0 fully saturated rings. The molecule has 0 aliphatic rings. The zero-order valence-corrected chi connectivity index (χ0v) is 5.74. The summed E-state index contributed by atoms with van der Waals surface area (Å²) in [4.78, 5) is 0. The summed E-state index contributed by atoms with van der Waals surface area (Å²) in [5.41, 5.74) is -0.117. The third-order valence-corrected chi connectivity index (χ3v) is 1.18. The maximum Gasteiger partial charge on any atom is 0.194 e. The highest BCUT2D eigenvalue weighted by Gasteiger charge is 2.09. The molecule has 12 heavy (non-hydrogen) atoms. The van der Waals surface area contributed by atoms with E-state index < -0.39 is 17.5 Å². The molecule has 0 radical (unpaired) electrons. The fourth-order valence-corrected chi connectivity index (χ4v) is 0.692. The minimum Gasteiger partial charge on any atom is -0.293 e. The van der Waals surface area contributed by atoms with Gasteiger partial charge in [-0.3, -0.25) is 5.32 Å². The van der Waals surface area contributed by atoms with E-state index >= 15 is 0 Å². The summed E-state index contributed by atoms with van der Waals surface area (Å²) in [7, 11) is 0. The summed E-state index contributed by atoms with van der Waals surface area (Å²) in [5.74, 6) is -4.20. The molecule has 0 aromatic heterocycles. The SMILES string of the molecule is N#CNc1cc(F)c(F)c(F)c1. The van der Waals surface area contributed by atoms with E-state index in [0.29, 0.717) is 12.1 Å². The van der Waals surface area contributed by atoms with Crippen LogP contribution in [0.2, 0.25) is 0 Å². The Morgan fingerprint density at radius 3 is 2.08 bits per heavy atom. The number of rotatable bonds is 1. The van der Waals surface area contributed by atoms with Crippen LogP contribution in [0, 0.1) is 28.9 Å². The molecule has 0 unspecified atom stereocenters. The highest BCUT2D eigenvalue weighted by atomic mass is 19.2. The molecule has 2 nitrogen and oxygen atoms in total. The van der Waals surface area contributed by atoms with Crippen LogP contribution in [0.5, 0.6) is 0 Å². The molecule has 62 valence electrons. The fraction of sp³-hybridized carbons (Fsp3) is 0. The first-order valence-electron chi connectivity index (χ1n) is 2.95. The van der Waals surface area contributed by atoms with Crippen LogP contribution in [-0.4, -0.2) is 0 Å². The van der Waals surface area contributed by atoms with Crippen molar-refractivity contribution in [1.29, 1.82) is 5.26 Å². The number of nitriles is 1. The van der Waals surface area contributed by atoms with Crippen molar-refractivity contribution in [2.45, 2.75) is 0 Å². The van der Waals surface area contributed by atoms with Crippen LogP contribution in [-0.2, 0) is 0 Å². The van der Waals surface area contributed by atoms with Crippen LogP contribution in [0.25, 0.3) is 0 Å². The Bertz CT molecular complexity index is 320. The number of hydrogen-bond acceptors (Lipinski definition) is 2. The highest BCUT2D eigenvalue weighted by molar-refractivity contribution is 5.47. The quantitative estimate of drug-likeness (QED) is 0.399. The number of anilines is 1. The van der Waals surface area contributed by atoms with Gasteiger partial charge in [0, 0.05) is 12.1 Å². The van der Waals surface area contributed by atoms with Crippen LogP contribution >= 0.6 is 0 Å². The smallest absolute Gasteiger partial charge is 0.194 e. The molecule has 1 rings (SSSR count). The molecule has 0 saturated carbocycles. The number of halogens is 3.